The minimum absolute atomic E-state index is 0.0229. The lowest BCUT2D eigenvalue weighted by atomic mass is 9.60. The fourth-order valence-electron chi connectivity index (χ4n) is 6.21. The maximum atomic E-state index is 13.8. The minimum Gasteiger partial charge on any atom is -0.507 e. The number of hydrogen-bond donors (Lipinski definition) is 5. The number of ketones is 3. The quantitative estimate of drug-likeness (QED) is 0.209. The van der Waals surface area contributed by atoms with E-state index in [9.17, 15) is 44.7 Å². The van der Waals surface area contributed by atoms with E-state index in [1.807, 2.05) is 0 Å². The SMILES string of the molecule is COC(=O)Cc1c(OC2CC(OC)C(O)C(C)O2)cc2cc3c(c(O)c2c1C)C(=O)C1(O)C(=O)C=C(OC)C(O)[C@]1(O)C3=O. The molecule has 0 bridgehead atoms. The van der Waals surface area contributed by atoms with Crippen LogP contribution in [0.3, 0.4) is 0 Å². The monoisotopic (exact) mass is 616 g/mol. The van der Waals surface area contributed by atoms with Crippen molar-refractivity contribution in [3.05, 3.63) is 46.2 Å². The van der Waals surface area contributed by atoms with Gasteiger partial charge in [0.1, 0.15) is 23.4 Å². The number of aromatic hydroxyl groups is 1. The highest BCUT2D eigenvalue weighted by atomic mass is 16.7. The normalized spacial score (nSPS) is 31.7. The number of benzene rings is 2. The van der Waals surface area contributed by atoms with Crippen molar-refractivity contribution in [2.75, 3.05) is 21.3 Å². The molecule has 1 saturated heterocycles. The Balaban J connectivity index is 1.72. The van der Waals surface area contributed by atoms with Gasteiger partial charge in [-0.3, -0.25) is 19.2 Å². The average molecular weight is 617 g/mol. The number of phenols is 1. The average Bonchev–Trinajstić information content (AvgIpc) is 2.99. The van der Waals surface area contributed by atoms with Gasteiger partial charge in [-0.15, -0.1) is 0 Å². The summed E-state index contributed by atoms with van der Waals surface area (Å²) in [7, 11) is 3.66. The van der Waals surface area contributed by atoms with E-state index in [0.29, 0.717) is 6.08 Å². The second kappa shape index (κ2) is 10.9. The first-order valence-electron chi connectivity index (χ1n) is 13.6. The molecule has 0 saturated carbocycles. The number of methoxy groups -OCH3 is 3. The van der Waals surface area contributed by atoms with Crippen LogP contribution in [0.25, 0.3) is 10.8 Å². The first kappa shape index (κ1) is 31.5. The number of ether oxygens (including phenoxy) is 5. The van der Waals surface area contributed by atoms with E-state index in [2.05, 4.69) is 0 Å². The number of hydrogen-bond acceptors (Lipinski definition) is 14. The summed E-state index contributed by atoms with van der Waals surface area (Å²) in [6.45, 7) is 3.13. The first-order chi connectivity index (χ1) is 20.7. The van der Waals surface area contributed by atoms with Crippen LogP contribution in [-0.2, 0) is 35.0 Å². The molecule has 0 radical (unpaired) electrons. The lowest BCUT2D eigenvalue weighted by molar-refractivity contribution is -0.222. The van der Waals surface area contributed by atoms with Crippen LogP contribution < -0.4 is 4.74 Å². The summed E-state index contributed by atoms with van der Waals surface area (Å²) in [6.07, 6.45) is -5.17. The molecule has 2 aliphatic carbocycles. The first-order valence-corrected chi connectivity index (χ1v) is 13.6. The Morgan fingerprint density at radius 3 is 2.39 bits per heavy atom. The molecule has 236 valence electrons. The lowest BCUT2D eigenvalue weighted by Gasteiger charge is -2.47. The number of fused-ring (bicyclic) bond motifs is 3. The van der Waals surface area contributed by atoms with Crippen molar-refractivity contribution in [3.8, 4) is 11.5 Å². The molecular weight excluding hydrogens is 584 g/mol. The molecular formula is C30H32O14. The zero-order valence-corrected chi connectivity index (χ0v) is 24.4. The fraction of sp³-hybridized carbons (Fsp3) is 0.467. The predicted molar refractivity (Wildman–Crippen MR) is 147 cm³/mol. The summed E-state index contributed by atoms with van der Waals surface area (Å²) >= 11 is 0. The number of carbonyl (C=O) groups is 4. The maximum Gasteiger partial charge on any atom is 0.310 e. The lowest BCUT2D eigenvalue weighted by Crippen LogP contribution is -2.76. The van der Waals surface area contributed by atoms with Crippen LogP contribution in [-0.4, -0.2) is 112 Å². The maximum absolute atomic E-state index is 13.8. The molecule has 1 heterocycles. The van der Waals surface area contributed by atoms with Gasteiger partial charge in [0.15, 0.2) is 6.10 Å². The van der Waals surface area contributed by atoms with Crippen molar-refractivity contribution in [3.63, 3.8) is 0 Å². The number of rotatable bonds is 6. The predicted octanol–water partition coefficient (Wildman–Crippen LogP) is -0.226. The molecule has 44 heavy (non-hydrogen) atoms. The number of aliphatic hydroxyl groups is 4. The Hall–Kier alpha value is -3.92. The Bertz CT molecular complexity index is 1630. The summed E-state index contributed by atoms with van der Waals surface area (Å²) in [5.74, 6) is -6.34. The summed E-state index contributed by atoms with van der Waals surface area (Å²) in [5, 5.41) is 55.4. The zero-order chi connectivity index (χ0) is 32.5. The van der Waals surface area contributed by atoms with Crippen molar-refractivity contribution >= 4 is 34.1 Å². The third-order valence-electron chi connectivity index (χ3n) is 8.74. The van der Waals surface area contributed by atoms with Gasteiger partial charge < -0.3 is 49.2 Å². The summed E-state index contributed by atoms with van der Waals surface area (Å²) in [6, 6.07) is 2.50. The number of aliphatic hydroxyl groups excluding tert-OH is 2. The highest BCUT2D eigenvalue weighted by molar-refractivity contribution is 6.34. The minimum atomic E-state index is -3.48. The third kappa shape index (κ3) is 4.24. The van der Waals surface area contributed by atoms with Gasteiger partial charge in [0.05, 0.1) is 38.4 Å². The van der Waals surface area contributed by atoms with Crippen LogP contribution >= 0.6 is 0 Å². The number of aryl methyl sites for hydroxylation is 1. The van der Waals surface area contributed by atoms with Crippen molar-refractivity contribution in [1.82, 2.24) is 0 Å². The highest BCUT2D eigenvalue weighted by Crippen LogP contribution is 2.49. The molecule has 0 aromatic heterocycles. The topological polar surface area (TPSA) is 216 Å². The number of Topliss-reactive ketones (excluding diaryl/α,β-unsaturated/α-hetero) is 2. The summed E-state index contributed by atoms with van der Waals surface area (Å²) in [5.41, 5.74) is -7.76. The standard InChI is InChI=1S/C30H32O14/c1-11-14(8-20(32)42-5)16(44-21-10-17(40-3)24(33)12(2)43-21)7-13-6-15-23(25(34)22(11)13)28(37)29(38)19(31)9-18(41-4)27(36)30(29,39)26(15)35/h6-7,9,12,17,21,24,27,33-34,36,38-39H,8,10H2,1-5H3/t12?,17?,21?,24?,27?,29?,30-/m1/s1. The summed E-state index contributed by atoms with van der Waals surface area (Å²) < 4.78 is 27.0. The third-order valence-corrected chi connectivity index (χ3v) is 8.74. The molecule has 2 aromatic carbocycles. The molecule has 5 rings (SSSR count). The Labute approximate surface area is 250 Å². The number of carbonyl (C=O) groups excluding carboxylic acids is 4. The van der Waals surface area contributed by atoms with Crippen LogP contribution in [0.1, 0.15) is 45.2 Å². The molecule has 5 N–H and O–H groups in total. The van der Waals surface area contributed by atoms with Crippen LogP contribution in [0, 0.1) is 6.92 Å². The van der Waals surface area contributed by atoms with E-state index in [1.54, 1.807) is 6.92 Å². The van der Waals surface area contributed by atoms with Gasteiger partial charge in [-0.1, -0.05) is 0 Å². The smallest absolute Gasteiger partial charge is 0.310 e. The van der Waals surface area contributed by atoms with Gasteiger partial charge in [-0.05, 0) is 36.9 Å². The van der Waals surface area contributed by atoms with Gasteiger partial charge in [-0.2, -0.15) is 0 Å². The number of esters is 1. The molecule has 14 nitrogen and oxygen atoms in total. The Kier molecular flexibility index (Phi) is 7.81. The summed E-state index contributed by atoms with van der Waals surface area (Å²) in [4.78, 5) is 52.9. The molecule has 7 atom stereocenters. The van der Waals surface area contributed by atoms with E-state index >= 15 is 0 Å². The molecule has 0 spiro atoms. The van der Waals surface area contributed by atoms with E-state index < -0.39 is 87.9 Å². The van der Waals surface area contributed by atoms with Crippen LogP contribution in [0.2, 0.25) is 0 Å². The largest absolute Gasteiger partial charge is 0.507 e. The number of phenolic OH excluding ortho intramolecular Hbond substituents is 1. The van der Waals surface area contributed by atoms with Gasteiger partial charge >= 0.3 is 5.97 Å². The van der Waals surface area contributed by atoms with Crippen LogP contribution in [0.5, 0.6) is 11.5 Å². The van der Waals surface area contributed by atoms with Crippen molar-refractivity contribution in [1.29, 1.82) is 0 Å². The Morgan fingerprint density at radius 2 is 1.77 bits per heavy atom. The second-order valence-corrected chi connectivity index (χ2v) is 11.0. The van der Waals surface area contributed by atoms with Gasteiger partial charge in [0.25, 0.3) is 0 Å². The second-order valence-electron chi connectivity index (χ2n) is 11.0. The van der Waals surface area contributed by atoms with Crippen molar-refractivity contribution in [2.45, 2.75) is 68.6 Å². The highest BCUT2D eigenvalue weighted by Gasteiger charge is 2.73. The molecule has 14 heteroatoms. The molecule has 0 amide bonds. The van der Waals surface area contributed by atoms with Gasteiger partial charge in [0.2, 0.25) is 34.8 Å². The fourth-order valence-corrected chi connectivity index (χ4v) is 6.21. The van der Waals surface area contributed by atoms with E-state index in [0.717, 1.165) is 13.2 Å². The van der Waals surface area contributed by atoms with E-state index in [1.165, 1.54) is 27.2 Å². The molecule has 3 aliphatic rings. The van der Waals surface area contributed by atoms with Crippen LogP contribution in [0.4, 0.5) is 0 Å². The van der Waals surface area contributed by atoms with Crippen molar-refractivity contribution in [2.24, 2.45) is 0 Å². The van der Waals surface area contributed by atoms with Gasteiger partial charge in [-0.25, -0.2) is 0 Å². The van der Waals surface area contributed by atoms with Crippen LogP contribution in [0.15, 0.2) is 24.0 Å². The Morgan fingerprint density at radius 1 is 1.09 bits per heavy atom. The molecule has 2 aromatic rings. The molecule has 1 aliphatic heterocycles. The zero-order valence-electron chi connectivity index (χ0n) is 24.4. The molecule has 6 unspecified atom stereocenters. The van der Waals surface area contributed by atoms with Crippen molar-refractivity contribution < 1.29 is 68.4 Å². The van der Waals surface area contributed by atoms with E-state index in [4.69, 9.17) is 23.7 Å². The van der Waals surface area contributed by atoms with Gasteiger partial charge in [0, 0.05) is 36.1 Å². The van der Waals surface area contributed by atoms with E-state index in [-0.39, 0.29) is 40.5 Å². The molecule has 1 fully saturated rings.